The van der Waals surface area contributed by atoms with Gasteiger partial charge in [-0.1, -0.05) is 6.07 Å². The Morgan fingerprint density at radius 2 is 2.05 bits per heavy atom. The highest BCUT2D eigenvalue weighted by Gasteiger charge is 2.07. The van der Waals surface area contributed by atoms with Crippen molar-refractivity contribution in [3.8, 4) is 11.5 Å². The molecule has 0 saturated carbocycles. The molecule has 0 aliphatic carbocycles. The summed E-state index contributed by atoms with van der Waals surface area (Å²) in [4.78, 5) is 11.6. The third-order valence-corrected chi connectivity index (χ3v) is 2.83. The Bertz CT molecular complexity index is 420. The summed E-state index contributed by atoms with van der Waals surface area (Å²) in [6, 6.07) is 5.56. The lowest BCUT2D eigenvalue weighted by Gasteiger charge is -2.11. The van der Waals surface area contributed by atoms with Crippen LogP contribution in [0.4, 0.5) is 0 Å². The predicted octanol–water partition coefficient (Wildman–Crippen LogP) is 1.66. The summed E-state index contributed by atoms with van der Waals surface area (Å²) in [6.45, 7) is 2.74. The number of aryl methyl sites for hydroxylation is 1. The molecule has 20 heavy (non-hydrogen) atoms. The van der Waals surface area contributed by atoms with E-state index >= 15 is 0 Å². The SMILES string of the molecule is COc1cc(C)ccc1OCC(=O)NCCCCCO. The molecule has 0 unspecified atom stereocenters. The highest BCUT2D eigenvalue weighted by molar-refractivity contribution is 5.77. The Balaban J connectivity index is 2.30. The maximum Gasteiger partial charge on any atom is 0.257 e. The lowest BCUT2D eigenvalue weighted by Crippen LogP contribution is -2.29. The molecule has 0 aromatic heterocycles. The van der Waals surface area contributed by atoms with Crippen molar-refractivity contribution in [1.82, 2.24) is 5.32 Å². The van der Waals surface area contributed by atoms with Gasteiger partial charge >= 0.3 is 0 Å². The van der Waals surface area contributed by atoms with Gasteiger partial charge in [0.15, 0.2) is 18.1 Å². The van der Waals surface area contributed by atoms with Gasteiger partial charge in [-0.2, -0.15) is 0 Å². The van der Waals surface area contributed by atoms with E-state index in [2.05, 4.69) is 5.32 Å². The summed E-state index contributed by atoms with van der Waals surface area (Å²) in [6.07, 6.45) is 2.54. The number of aliphatic hydroxyl groups is 1. The Morgan fingerprint density at radius 3 is 2.75 bits per heavy atom. The molecule has 0 fully saturated rings. The third-order valence-electron chi connectivity index (χ3n) is 2.83. The number of methoxy groups -OCH3 is 1. The number of unbranched alkanes of at least 4 members (excludes halogenated alkanes) is 2. The molecule has 0 bridgehead atoms. The van der Waals surface area contributed by atoms with E-state index in [-0.39, 0.29) is 19.1 Å². The van der Waals surface area contributed by atoms with Crippen LogP contribution < -0.4 is 14.8 Å². The number of carbonyl (C=O) groups excluding carboxylic acids is 1. The number of carbonyl (C=O) groups is 1. The zero-order valence-electron chi connectivity index (χ0n) is 12.1. The fraction of sp³-hybridized carbons (Fsp3) is 0.533. The zero-order chi connectivity index (χ0) is 14.8. The van der Waals surface area contributed by atoms with Gasteiger partial charge in [0.2, 0.25) is 0 Å². The number of hydrogen-bond acceptors (Lipinski definition) is 4. The van der Waals surface area contributed by atoms with Crippen molar-refractivity contribution in [2.75, 3.05) is 26.9 Å². The van der Waals surface area contributed by atoms with Crippen molar-refractivity contribution >= 4 is 5.91 Å². The number of aliphatic hydroxyl groups excluding tert-OH is 1. The average Bonchev–Trinajstić information content (AvgIpc) is 2.45. The van der Waals surface area contributed by atoms with Crippen molar-refractivity contribution in [2.45, 2.75) is 26.2 Å². The molecule has 1 rings (SSSR count). The van der Waals surface area contributed by atoms with Crippen LogP contribution >= 0.6 is 0 Å². The fourth-order valence-electron chi connectivity index (χ4n) is 1.73. The Kier molecular flexibility index (Phi) is 7.50. The maximum atomic E-state index is 11.6. The number of amides is 1. The normalized spacial score (nSPS) is 10.2. The number of nitrogens with one attached hydrogen (secondary N) is 1. The molecule has 2 N–H and O–H groups in total. The van der Waals surface area contributed by atoms with Crippen molar-refractivity contribution in [1.29, 1.82) is 0 Å². The van der Waals surface area contributed by atoms with E-state index in [1.54, 1.807) is 13.2 Å². The highest BCUT2D eigenvalue weighted by atomic mass is 16.5. The maximum absolute atomic E-state index is 11.6. The summed E-state index contributed by atoms with van der Waals surface area (Å²) in [5.41, 5.74) is 1.07. The van der Waals surface area contributed by atoms with Gasteiger partial charge in [-0.25, -0.2) is 0 Å². The second-order valence-corrected chi connectivity index (χ2v) is 4.58. The lowest BCUT2D eigenvalue weighted by atomic mass is 10.2. The average molecular weight is 281 g/mol. The first kappa shape index (κ1) is 16.3. The van der Waals surface area contributed by atoms with Crippen LogP contribution in [0.1, 0.15) is 24.8 Å². The standard InChI is InChI=1S/C15H23NO4/c1-12-6-7-13(14(10-12)19-2)20-11-15(18)16-8-4-3-5-9-17/h6-7,10,17H,3-5,8-9,11H2,1-2H3,(H,16,18). The largest absolute Gasteiger partial charge is 0.493 e. The monoisotopic (exact) mass is 281 g/mol. The van der Waals surface area contributed by atoms with E-state index in [4.69, 9.17) is 14.6 Å². The Morgan fingerprint density at radius 1 is 1.25 bits per heavy atom. The lowest BCUT2D eigenvalue weighted by molar-refractivity contribution is -0.123. The molecule has 1 aromatic carbocycles. The second kappa shape index (κ2) is 9.20. The first-order chi connectivity index (χ1) is 9.67. The molecule has 1 aromatic rings. The van der Waals surface area contributed by atoms with E-state index in [9.17, 15) is 4.79 Å². The Labute approximate surface area is 119 Å². The molecule has 0 atom stereocenters. The molecule has 0 aliphatic rings. The first-order valence-corrected chi connectivity index (χ1v) is 6.82. The molecule has 112 valence electrons. The van der Waals surface area contributed by atoms with E-state index in [1.807, 2.05) is 19.1 Å². The van der Waals surface area contributed by atoms with Crippen LogP contribution in [0, 0.1) is 6.92 Å². The van der Waals surface area contributed by atoms with Crippen LogP contribution in [0.3, 0.4) is 0 Å². The van der Waals surface area contributed by atoms with Crippen LogP contribution in [-0.4, -0.2) is 37.9 Å². The van der Waals surface area contributed by atoms with Gasteiger partial charge in [0.05, 0.1) is 7.11 Å². The molecule has 0 heterocycles. The number of ether oxygens (including phenoxy) is 2. The number of rotatable bonds is 9. The molecule has 0 spiro atoms. The topological polar surface area (TPSA) is 67.8 Å². The number of benzene rings is 1. The van der Waals surface area contributed by atoms with Gasteiger partial charge in [0.25, 0.3) is 5.91 Å². The summed E-state index contributed by atoms with van der Waals surface area (Å²) in [5.74, 6) is 1.03. The van der Waals surface area contributed by atoms with Gasteiger partial charge in [0, 0.05) is 13.2 Å². The van der Waals surface area contributed by atoms with Gasteiger partial charge in [-0.3, -0.25) is 4.79 Å². The highest BCUT2D eigenvalue weighted by Crippen LogP contribution is 2.27. The second-order valence-electron chi connectivity index (χ2n) is 4.58. The molecular weight excluding hydrogens is 258 g/mol. The van der Waals surface area contributed by atoms with Crippen LogP contribution in [-0.2, 0) is 4.79 Å². The molecule has 5 nitrogen and oxygen atoms in total. The minimum atomic E-state index is -0.156. The quantitative estimate of drug-likeness (QED) is 0.676. The van der Waals surface area contributed by atoms with Gasteiger partial charge in [-0.05, 0) is 43.9 Å². The smallest absolute Gasteiger partial charge is 0.257 e. The molecule has 0 aliphatic heterocycles. The predicted molar refractivity (Wildman–Crippen MR) is 77.2 cm³/mol. The van der Waals surface area contributed by atoms with Crippen molar-refractivity contribution in [3.63, 3.8) is 0 Å². The summed E-state index contributed by atoms with van der Waals surface area (Å²) >= 11 is 0. The third kappa shape index (κ3) is 5.93. The Hall–Kier alpha value is -1.75. The minimum absolute atomic E-state index is 0.0284. The van der Waals surface area contributed by atoms with Crippen LogP contribution in [0.15, 0.2) is 18.2 Å². The van der Waals surface area contributed by atoms with Crippen LogP contribution in [0.2, 0.25) is 0 Å². The van der Waals surface area contributed by atoms with E-state index in [0.29, 0.717) is 18.0 Å². The van der Waals surface area contributed by atoms with Crippen LogP contribution in [0.5, 0.6) is 11.5 Å². The van der Waals surface area contributed by atoms with Crippen molar-refractivity contribution in [2.24, 2.45) is 0 Å². The van der Waals surface area contributed by atoms with E-state index in [0.717, 1.165) is 24.8 Å². The summed E-state index contributed by atoms with van der Waals surface area (Å²) in [5, 5.41) is 11.4. The minimum Gasteiger partial charge on any atom is -0.493 e. The van der Waals surface area contributed by atoms with E-state index in [1.165, 1.54) is 0 Å². The molecule has 0 saturated heterocycles. The van der Waals surface area contributed by atoms with Crippen LogP contribution in [0.25, 0.3) is 0 Å². The number of hydrogen-bond donors (Lipinski definition) is 2. The van der Waals surface area contributed by atoms with Crippen molar-refractivity contribution < 1.29 is 19.4 Å². The molecule has 0 radical (unpaired) electrons. The first-order valence-electron chi connectivity index (χ1n) is 6.82. The van der Waals surface area contributed by atoms with Gasteiger partial charge in [-0.15, -0.1) is 0 Å². The van der Waals surface area contributed by atoms with E-state index < -0.39 is 0 Å². The van der Waals surface area contributed by atoms with Crippen molar-refractivity contribution in [3.05, 3.63) is 23.8 Å². The van der Waals surface area contributed by atoms with Gasteiger partial charge in [0.1, 0.15) is 0 Å². The molecular formula is C15H23NO4. The van der Waals surface area contributed by atoms with Gasteiger partial charge < -0.3 is 19.9 Å². The molecule has 5 heteroatoms. The zero-order valence-corrected chi connectivity index (χ0v) is 12.1. The molecule has 1 amide bonds. The summed E-state index contributed by atoms with van der Waals surface area (Å²) in [7, 11) is 1.57. The fourth-order valence-corrected chi connectivity index (χ4v) is 1.73. The summed E-state index contributed by atoms with van der Waals surface area (Å²) < 4.78 is 10.6.